The summed E-state index contributed by atoms with van der Waals surface area (Å²) < 4.78 is 3.18. The zero-order valence-electron chi connectivity index (χ0n) is 9.24. The van der Waals surface area contributed by atoms with Crippen LogP contribution < -0.4 is 0 Å². The van der Waals surface area contributed by atoms with Crippen LogP contribution in [-0.2, 0) is 7.05 Å². The van der Waals surface area contributed by atoms with E-state index in [1.165, 1.54) is 10.9 Å². The van der Waals surface area contributed by atoms with Crippen molar-refractivity contribution in [1.29, 1.82) is 0 Å². The lowest BCUT2D eigenvalue weighted by Gasteiger charge is -2.00. The van der Waals surface area contributed by atoms with E-state index < -0.39 is 0 Å². The van der Waals surface area contributed by atoms with E-state index in [9.17, 15) is 4.79 Å². The number of fused-ring (bicyclic) bond motifs is 1. The molecule has 0 spiro atoms. The van der Waals surface area contributed by atoms with Crippen LogP contribution in [0.15, 0.2) is 43.1 Å². The van der Waals surface area contributed by atoms with E-state index in [1.807, 2.05) is 19.3 Å². The minimum Gasteiger partial charge on any atom is -0.275 e. The van der Waals surface area contributed by atoms with Crippen molar-refractivity contribution >= 4 is 16.8 Å². The number of carbonyl (C=O) groups excluding carboxylic acids is 1. The number of carbonyl (C=O) groups is 1. The van der Waals surface area contributed by atoms with Crippen molar-refractivity contribution in [3.63, 3.8) is 0 Å². The van der Waals surface area contributed by atoms with E-state index in [-0.39, 0.29) is 5.91 Å². The largest absolute Gasteiger partial charge is 0.275 e. The molecule has 17 heavy (non-hydrogen) atoms. The summed E-state index contributed by atoms with van der Waals surface area (Å²) in [6.07, 6.45) is 6.62. The van der Waals surface area contributed by atoms with Gasteiger partial charge in [0.15, 0.2) is 0 Å². The summed E-state index contributed by atoms with van der Waals surface area (Å²) >= 11 is 0. The molecule has 5 heteroatoms. The van der Waals surface area contributed by atoms with Gasteiger partial charge in [-0.15, -0.1) is 0 Å². The first-order chi connectivity index (χ1) is 8.24. The molecule has 1 aromatic carbocycles. The van der Waals surface area contributed by atoms with Gasteiger partial charge in [-0.3, -0.25) is 14.0 Å². The number of rotatable bonds is 1. The molecule has 0 aliphatic rings. The molecule has 0 amide bonds. The van der Waals surface area contributed by atoms with Crippen molar-refractivity contribution in [2.45, 2.75) is 0 Å². The molecular formula is C12H10N4O. The standard InChI is InChI=1S/C12H10N4O/c1-15-7-10-3-2-9(6-11(10)14-15)12(17)16-5-4-13-8-16/h2-8H,1H3. The summed E-state index contributed by atoms with van der Waals surface area (Å²) in [4.78, 5) is 15.9. The van der Waals surface area contributed by atoms with Gasteiger partial charge in [0, 0.05) is 36.6 Å². The number of nitrogens with zero attached hydrogens (tertiary/aromatic N) is 4. The molecule has 2 heterocycles. The Labute approximate surface area is 97.3 Å². The quantitative estimate of drug-likeness (QED) is 0.631. The number of benzene rings is 1. The molecule has 84 valence electrons. The maximum Gasteiger partial charge on any atom is 0.263 e. The van der Waals surface area contributed by atoms with Crippen LogP contribution in [0.1, 0.15) is 10.4 Å². The highest BCUT2D eigenvalue weighted by atomic mass is 16.2. The van der Waals surface area contributed by atoms with Crippen molar-refractivity contribution in [2.75, 3.05) is 0 Å². The highest BCUT2D eigenvalue weighted by molar-refractivity contribution is 5.98. The molecule has 0 atom stereocenters. The second kappa shape index (κ2) is 3.55. The normalized spacial score (nSPS) is 10.9. The van der Waals surface area contributed by atoms with E-state index in [0.717, 1.165) is 10.9 Å². The van der Waals surface area contributed by atoms with E-state index in [4.69, 9.17) is 0 Å². The predicted octanol–water partition coefficient (Wildman–Crippen LogP) is 1.46. The average Bonchev–Trinajstić information content (AvgIpc) is 2.94. The van der Waals surface area contributed by atoms with Gasteiger partial charge in [0.2, 0.25) is 0 Å². The summed E-state index contributed by atoms with van der Waals surface area (Å²) in [5, 5.41) is 5.30. The molecule has 0 bridgehead atoms. The molecule has 0 aliphatic heterocycles. The molecule has 0 radical (unpaired) electrons. The van der Waals surface area contributed by atoms with Crippen LogP contribution in [0.3, 0.4) is 0 Å². The first-order valence-corrected chi connectivity index (χ1v) is 5.20. The van der Waals surface area contributed by atoms with Gasteiger partial charge in [-0.25, -0.2) is 4.98 Å². The van der Waals surface area contributed by atoms with Crippen molar-refractivity contribution in [3.8, 4) is 0 Å². The fourth-order valence-electron chi connectivity index (χ4n) is 1.80. The third-order valence-electron chi connectivity index (χ3n) is 2.61. The summed E-state index contributed by atoms with van der Waals surface area (Å²) in [6.45, 7) is 0. The predicted molar refractivity (Wildman–Crippen MR) is 62.7 cm³/mol. The lowest BCUT2D eigenvalue weighted by atomic mass is 10.1. The minimum absolute atomic E-state index is 0.102. The number of imidazole rings is 1. The Hall–Kier alpha value is -2.43. The topological polar surface area (TPSA) is 52.7 Å². The zero-order chi connectivity index (χ0) is 11.8. The Balaban J connectivity index is 2.09. The Morgan fingerprint density at radius 1 is 1.35 bits per heavy atom. The van der Waals surface area contributed by atoms with Gasteiger partial charge in [-0.2, -0.15) is 5.10 Å². The first-order valence-electron chi connectivity index (χ1n) is 5.20. The van der Waals surface area contributed by atoms with Crippen LogP contribution in [0.5, 0.6) is 0 Å². The van der Waals surface area contributed by atoms with Crippen molar-refractivity contribution in [1.82, 2.24) is 19.3 Å². The SMILES string of the molecule is Cn1cc2ccc(C(=O)n3ccnc3)cc2n1. The Morgan fingerprint density at radius 2 is 2.24 bits per heavy atom. The van der Waals surface area contributed by atoms with Crippen LogP contribution in [0, 0.1) is 0 Å². The summed E-state index contributed by atoms with van der Waals surface area (Å²) in [6, 6.07) is 5.48. The smallest absolute Gasteiger partial charge is 0.263 e. The fourth-order valence-corrected chi connectivity index (χ4v) is 1.80. The third kappa shape index (κ3) is 1.61. The van der Waals surface area contributed by atoms with Gasteiger partial charge in [-0.1, -0.05) is 6.07 Å². The maximum absolute atomic E-state index is 12.0. The average molecular weight is 226 g/mol. The molecule has 0 aliphatic carbocycles. The number of aryl methyl sites for hydroxylation is 1. The molecule has 3 aromatic rings. The van der Waals surface area contributed by atoms with Gasteiger partial charge in [0.1, 0.15) is 6.33 Å². The van der Waals surface area contributed by atoms with Crippen molar-refractivity contribution < 1.29 is 4.79 Å². The van der Waals surface area contributed by atoms with Gasteiger partial charge in [-0.05, 0) is 12.1 Å². The fraction of sp³-hybridized carbons (Fsp3) is 0.0833. The molecule has 5 nitrogen and oxygen atoms in total. The van der Waals surface area contributed by atoms with Crippen LogP contribution in [0.25, 0.3) is 10.9 Å². The van der Waals surface area contributed by atoms with Crippen LogP contribution in [-0.4, -0.2) is 25.2 Å². The monoisotopic (exact) mass is 226 g/mol. The molecule has 0 fully saturated rings. The maximum atomic E-state index is 12.0. The molecule has 0 N–H and O–H groups in total. The molecule has 0 unspecified atom stereocenters. The van der Waals surface area contributed by atoms with E-state index in [1.54, 1.807) is 29.2 Å². The van der Waals surface area contributed by atoms with Crippen LogP contribution in [0.2, 0.25) is 0 Å². The minimum atomic E-state index is -0.102. The summed E-state index contributed by atoms with van der Waals surface area (Å²) in [7, 11) is 1.86. The van der Waals surface area contributed by atoms with E-state index in [0.29, 0.717) is 5.56 Å². The first kappa shape index (κ1) is 9.77. The number of hydrogen-bond acceptors (Lipinski definition) is 3. The highest BCUT2D eigenvalue weighted by Crippen LogP contribution is 2.14. The second-order valence-corrected chi connectivity index (χ2v) is 3.85. The van der Waals surface area contributed by atoms with E-state index >= 15 is 0 Å². The van der Waals surface area contributed by atoms with Crippen LogP contribution in [0.4, 0.5) is 0 Å². The molecule has 2 aromatic heterocycles. The zero-order valence-corrected chi connectivity index (χ0v) is 9.24. The number of aromatic nitrogens is 4. The van der Waals surface area contributed by atoms with Gasteiger partial charge < -0.3 is 0 Å². The van der Waals surface area contributed by atoms with E-state index in [2.05, 4.69) is 10.1 Å². The molecule has 0 saturated carbocycles. The Bertz CT molecular complexity index is 682. The van der Waals surface area contributed by atoms with Crippen LogP contribution >= 0.6 is 0 Å². The lowest BCUT2D eigenvalue weighted by molar-refractivity contribution is 0.0960. The Kier molecular flexibility index (Phi) is 2.04. The van der Waals surface area contributed by atoms with Gasteiger partial charge >= 0.3 is 0 Å². The van der Waals surface area contributed by atoms with Crippen molar-refractivity contribution in [3.05, 3.63) is 48.7 Å². The van der Waals surface area contributed by atoms with Gasteiger partial charge in [0.05, 0.1) is 5.52 Å². The molecule has 3 rings (SSSR count). The van der Waals surface area contributed by atoms with Gasteiger partial charge in [0.25, 0.3) is 5.91 Å². The third-order valence-corrected chi connectivity index (χ3v) is 2.61. The molecular weight excluding hydrogens is 216 g/mol. The summed E-state index contributed by atoms with van der Waals surface area (Å²) in [5.41, 5.74) is 1.42. The second-order valence-electron chi connectivity index (χ2n) is 3.85. The molecule has 0 saturated heterocycles. The summed E-state index contributed by atoms with van der Waals surface area (Å²) in [5.74, 6) is -0.102. The Morgan fingerprint density at radius 3 is 3.00 bits per heavy atom. The highest BCUT2D eigenvalue weighted by Gasteiger charge is 2.09. The lowest BCUT2D eigenvalue weighted by Crippen LogP contribution is -2.09. The number of hydrogen-bond donors (Lipinski definition) is 0. The van der Waals surface area contributed by atoms with Crippen molar-refractivity contribution in [2.24, 2.45) is 7.05 Å².